The number of carboxylic acids is 1. The minimum Gasteiger partial charge on any atom is -0.481 e. The molecule has 5 nitrogen and oxygen atoms in total. The van der Waals surface area contributed by atoms with Gasteiger partial charge in [-0.15, -0.1) is 0 Å². The molecule has 1 aliphatic rings. The number of carboxylic acid groups (broad SMARTS) is 1. The van der Waals surface area contributed by atoms with Crippen LogP contribution in [0.4, 0.5) is 0 Å². The summed E-state index contributed by atoms with van der Waals surface area (Å²) in [5, 5.41) is 15.0. The molecule has 0 saturated heterocycles. The lowest BCUT2D eigenvalue weighted by Gasteiger charge is -2.22. The second-order valence-electron chi connectivity index (χ2n) is 5.83. The van der Waals surface area contributed by atoms with E-state index in [1.165, 1.54) is 5.56 Å². The predicted molar refractivity (Wildman–Crippen MR) is 80.2 cm³/mol. The molecule has 0 aliphatic carbocycles. The Bertz CT molecular complexity index is 540. The summed E-state index contributed by atoms with van der Waals surface area (Å²) in [6.07, 6.45) is 0.917. The Balaban J connectivity index is 2.10. The van der Waals surface area contributed by atoms with Gasteiger partial charge in [-0.05, 0) is 42.1 Å². The molecule has 21 heavy (non-hydrogen) atoms. The number of nitrogens with one attached hydrogen (secondary N) is 2. The zero-order valence-corrected chi connectivity index (χ0v) is 12.5. The van der Waals surface area contributed by atoms with Crippen molar-refractivity contribution in [3.8, 4) is 0 Å². The summed E-state index contributed by atoms with van der Waals surface area (Å²) in [4.78, 5) is 23.2. The minimum atomic E-state index is -0.899. The molecule has 2 rings (SSSR count). The van der Waals surface area contributed by atoms with E-state index < -0.39 is 5.97 Å². The van der Waals surface area contributed by atoms with Crippen molar-refractivity contribution in [2.45, 2.75) is 39.3 Å². The monoisotopic (exact) mass is 290 g/mol. The Kier molecular flexibility index (Phi) is 4.96. The standard InChI is InChI=1S/C16H22N2O3/c1-10(2)14(8-15(19)20)18-16(21)12-4-3-11-5-6-17-9-13(11)7-12/h3-4,7,10,14,17H,5-6,8-9H2,1-2H3,(H,18,21)(H,19,20). The molecule has 1 aromatic carbocycles. The van der Waals surface area contributed by atoms with E-state index in [4.69, 9.17) is 5.11 Å². The van der Waals surface area contributed by atoms with E-state index in [0.717, 1.165) is 25.1 Å². The van der Waals surface area contributed by atoms with Crippen LogP contribution in [0, 0.1) is 5.92 Å². The van der Waals surface area contributed by atoms with Crippen LogP contribution in [0.5, 0.6) is 0 Å². The highest BCUT2D eigenvalue weighted by atomic mass is 16.4. The second kappa shape index (κ2) is 6.72. The molecule has 0 radical (unpaired) electrons. The van der Waals surface area contributed by atoms with Crippen molar-refractivity contribution in [2.75, 3.05) is 6.54 Å². The Morgan fingerprint density at radius 1 is 1.33 bits per heavy atom. The van der Waals surface area contributed by atoms with Crippen LogP contribution in [0.1, 0.15) is 41.8 Å². The van der Waals surface area contributed by atoms with Crippen LogP contribution >= 0.6 is 0 Å². The van der Waals surface area contributed by atoms with E-state index >= 15 is 0 Å². The van der Waals surface area contributed by atoms with Crippen molar-refractivity contribution < 1.29 is 14.7 Å². The number of rotatable bonds is 5. The lowest BCUT2D eigenvalue weighted by molar-refractivity contribution is -0.137. The third kappa shape index (κ3) is 4.04. The zero-order valence-electron chi connectivity index (χ0n) is 12.5. The molecule has 1 aromatic rings. The van der Waals surface area contributed by atoms with E-state index in [1.807, 2.05) is 32.0 Å². The highest BCUT2D eigenvalue weighted by molar-refractivity contribution is 5.95. The average molecular weight is 290 g/mol. The molecule has 0 fully saturated rings. The third-order valence-corrected chi connectivity index (χ3v) is 3.87. The fourth-order valence-corrected chi connectivity index (χ4v) is 2.51. The summed E-state index contributed by atoms with van der Waals surface area (Å²) in [6, 6.07) is 5.35. The van der Waals surface area contributed by atoms with E-state index in [-0.39, 0.29) is 24.3 Å². The lowest BCUT2D eigenvalue weighted by Crippen LogP contribution is -2.40. The number of aliphatic carboxylic acids is 1. The van der Waals surface area contributed by atoms with Gasteiger partial charge in [0.05, 0.1) is 6.42 Å². The van der Waals surface area contributed by atoms with Gasteiger partial charge in [-0.25, -0.2) is 0 Å². The zero-order chi connectivity index (χ0) is 15.4. The van der Waals surface area contributed by atoms with Crippen molar-refractivity contribution in [1.29, 1.82) is 0 Å². The molecule has 0 bridgehead atoms. The molecule has 5 heteroatoms. The van der Waals surface area contributed by atoms with Crippen molar-refractivity contribution in [3.63, 3.8) is 0 Å². The SMILES string of the molecule is CC(C)C(CC(=O)O)NC(=O)c1ccc2c(c1)CNCC2. The Hall–Kier alpha value is -1.88. The second-order valence-corrected chi connectivity index (χ2v) is 5.83. The van der Waals surface area contributed by atoms with Gasteiger partial charge in [0, 0.05) is 18.2 Å². The van der Waals surface area contributed by atoms with Crippen molar-refractivity contribution in [1.82, 2.24) is 10.6 Å². The van der Waals surface area contributed by atoms with Crippen LogP contribution in [-0.2, 0) is 17.8 Å². The summed E-state index contributed by atoms with van der Waals surface area (Å²) in [7, 11) is 0. The quantitative estimate of drug-likeness (QED) is 0.769. The summed E-state index contributed by atoms with van der Waals surface area (Å²) in [6.45, 7) is 5.56. The van der Waals surface area contributed by atoms with Crippen molar-refractivity contribution in [2.24, 2.45) is 5.92 Å². The van der Waals surface area contributed by atoms with Crippen molar-refractivity contribution >= 4 is 11.9 Å². The smallest absolute Gasteiger partial charge is 0.305 e. The molecule has 1 amide bonds. The fraction of sp³-hybridized carbons (Fsp3) is 0.500. The maximum Gasteiger partial charge on any atom is 0.305 e. The Labute approximate surface area is 124 Å². The molecule has 114 valence electrons. The van der Waals surface area contributed by atoms with E-state index in [0.29, 0.717) is 5.56 Å². The Morgan fingerprint density at radius 2 is 2.10 bits per heavy atom. The fourth-order valence-electron chi connectivity index (χ4n) is 2.51. The van der Waals surface area contributed by atoms with Crippen LogP contribution in [0.25, 0.3) is 0 Å². The van der Waals surface area contributed by atoms with Gasteiger partial charge in [-0.3, -0.25) is 9.59 Å². The van der Waals surface area contributed by atoms with Gasteiger partial charge in [0.1, 0.15) is 0 Å². The van der Waals surface area contributed by atoms with Gasteiger partial charge < -0.3 is 15.7 Å². The van der Waals surface area contributed by atoms with Gasteiger partial charge in [0.2, 0.25) is 0 Å². The normalized spacial score (nSPS) is 15.4. The maximum atomic E-state index is 12.3. The number of fused-ring (bicyclic) bond motifs is 1. The first-order valence-electron chi connectivity index (χ1n) is 7.32. The molecule has 0 aromatic heterocycles. The first kappa shape index (κ1) is 15.5. The largest absolute Gasteiger partial charge is 0.481 e. The van der Waals surface area contributed by atoms with Crippen LogP contribution in [0.2, 0.25) is 0 Å². The summed E-state index contributed by atoms with van der Waals surface area (Å²) < 4.78 is 0. The van der Waals surface area contributed by atoms with E-state index in [9.17, 15) is 9.59 Å². The van der Waals surface area contributed by atoms with E-state index in [1.54, 1.807) is 0 Å². The summed E-state index contributed by atoms with van der Waals surface area (Å²) >= 11 is 0. The van der Waals surface area contributed by atoms with Gasteiger partial charge in [0.25, 0.3) is 5.91 Å². The molecule has 0 saturated carbocycles. The van der Waals surface area contributed by atoms with Gasteiger partial charge in [-0.1, -0.05) is 19.9 Å². The van der Waals surface area contributed by atoms with Crippen LogP contribution in [-0.4, -0.2) is 29.6 Å². The van der Waals surface area contributed by atoms with Crippen LogP contribution in [0.15, 0.2) is 18.2 Å². The number of benzene rings is 1. The van der Waals surface area contributed by atoms with Gasteiger partial charge in [-0.2, -0.15) is 0 Å². The van der Waals surface area contributed by atoms with Gasteiger partial charge >= 0.3 is 5.97 Å². The van der Waals surface area contributed by atoms with E-state index in [2.05, 4.69) is 10.6 Å². The molecular weight excluding hydrogens is 268 g/mol. The first-order valence-corrected chi connectivity index (χ1v) is 7.32. The van der Waals surface area contributed by atoms with Crippen LogP contribution < -0.4 is 10.6 Å². The van der Waals surface area contributed by atoms with Gasteiger partial charge in [0.15, 0.2) is 0 Å². The topological polar surface area (TPSA) is 78.4 Å². The number of hydrogen-bond donors (Lipinski definition) is 3. The summed E-state index contributed by atoms with van der Waals surface area (Å²) in [5.41, 5.74) is 3.01. The number of carbonyl (C=O) groups is 2. The first-order chi connectivity index (χ1) is 9.97. The molecule has 3 N–H and O–H groups in total. The average Bonchev–Trinajstić information content (AvgIpc) is 2.45. The predicted octanol–water partition coefficient (Wildman–Crippen LogP) is 1.56. The molecular formula is C16H22N2O3. The third-order valence-electron chi connectivity index (χ3n) is 3.87. The number of amides is 1. The van der Waals surface area contributed by atoms with Crippen molar-refractivity contribution in [3.05, 3.63) is 34.9 Å². The minimum absolute atomic E-state index is 0.0596. The molecule has 1 atom stereocenters. The highest BCUT2D eigenvalue weighted by Crippen LogP contribution is 2.16. The lowest BCUT2D eigenvalue weighted by atomic mass is 9.97. The highest BCUT2D eigenvalue weighted by Gasteiger charge is 2.21. The molecule has 1 unspecified atom stereocenters. The number of carbonyl (C=O) groups excluding carboxylic acids is 1. The van der Waals surface area contributed by atoms with Crippen LogP contribution in [0.3, 0.4) is 0 Å². The molecule has 1 aliphatic heterocycles. The Morgan fingerprint density at radius 3 is 2.76 bits per heavy atom. The summed E-state index contributed by atoms with van der Waals surface area (Å²) in [5.74, 6) is -1.03. The maximum absolute atomic E-state index is 12.3. The molecule has 0 spiro atoms. The molecule has 1 heterocycles. The number of hydrogen-bond acceptors (Lipinski definition) is 3.